The highest BCUT2D eigenvalue weighted by atomic mass is 16.6. The van der Waals surface area contributed by atoms with E-state index in [-0.39, 0.29) is 68.8 Å². The number of fused-ring (bicyclic) bond motifs is 2. The summed E-state index contributed by atoms with van der Waals surface area (Å²) in [5.41, 5.74) is 7.46. The number of hydrogen-bond donors (Lipinski definition) is 7. The lowest BCUT2D eigenvalue weighted by Gasteiger charge is -2.31. The van der Waals surface area contributed by atoms with Gasteiger partial charge in [0.25, 0.3) is 0 Å². The van der Waals surface area contributed by atoms with Gasteiger partial charge in [-0.15, -0.1) is 5.10 Å². The summed E-state index contributed by atoms with van der Waals surface area (Å²) in [6.45, 7) is 15.7. The van der Waals surface area contributed by atoms with Crippen LogP contribution in [0.4, 0.5) is 15.3 Å². The predicted molar refractivity (Wildman–Crippen MR) is 246 cm³/mol. The van der Waals surface area contributed by atoms with Crippen LogP contribution in [0.1, 0.15) is 110 Å². The lowest BCUT2D eigenvalue weighted by molar-refractivity contribution is -0.131. The number of ether oxygens (including phenoxy) is 4. The molecule has 1 aromatic heterocycles. The summed E-state index contributed by atoms with van der Waals surface area (Å²) in [7, 11) is 3.05. The van der Waals surface area contributed by atoms with E-state index in [0.717, 1.165) is 42.6 Å². The Kier molecular flexibility index (Phi) is 19.3. The standard InChI is InChI=1S/C46H74N10O10/c1-28(2)40(41(60)50-22-39(59)52-31-13-11-30(12-14-31)24-63-42(61)49-10)53-37(57)19-20-44(4,5)65-23-29(3)56-36-18-16-33-32(15-17-35(36)54-55-56)34(33)25-64-43(62)51-26-46(8,47)27-66-45(6,7)21-38(58)48-9/h11-14,28-29,32-34,40H,15-27,47H2,1-10H3,(H,48,58)(H,49,61)(H,50,60)(H,51,62)(H,52,59)(H,53,57). The van der Waals surface area contributed by atoms with Crippen molar-refractivity contribution in [2.24, 2.45) is 29.4 Å². The summed E-state index contributed by atoms with van der Waals surface area (Å²) >= 11 is 0. The smallest absolute Gasteiger partial charge is 0.407 e. The Morgan fingerprint density at radius 2 is 1.52 bits per heavy atom. The molecule has 0 spiro atoms. The molecule has 0 saturated heterocycles. The highest BCUT2D eigenvalue weighted by Crippen LogP contribution is 2.53. The van der Waals surface area contributed by atoms with E-state index in [4.69, 9.17) is 24.7 Å². The third-order valence-corrected chi connectivity index (χ3v) is 12.1. The van der Waals surface area contributed by atoms with E-state index in [1.165, 1.54) is 7.05 Å². The normalized spacial score (nSPS) is 18.7. The average molecular weight is 927 g/mol. The number of rotatable bonds is 24. The Morgan fingerprint density at radius 3 is 2.17 bits per heavy atom. The molecule has 1 saturated carbocycles. The zero-order valence-electron chi connectivity index (χ0n) is 40.5. The number of amides is 6. The molecule has 2 aliphatic rings. The van der Waals surface area contributed by atoms with E-state index in [2.05, 4.69) is 42.2 Å². The number of nitrogens with two attached hydrogens (primary N) is 1. The van der Waals surface area contributed by atoms with Crippen molar-refractivity contribution in [2.75, 3.05) is 52.3 Å². The molecule has 1 aromatic carbocycles. The molecule has 0 bridgehead atoms. The molecule has 2 aliphatic carbocycles. The molecule has 4 rings (SSSR count). The van der Waals surface area contributed by atoms with E-state index in [1.54, 1.807) is 38.2 Å². The largest absolute Gasteiger partial charge is 0.449 e. The Morgan fingerprint density at radius 1 is 0.833 bits per heavy atom. The molecule has 20 heteroatoms. The van der Waals surface area contributed by atoms with Crippen molar-refractivity contribution < 1.29 is 47.7 Å². The molecule has 1 heterocycles. The van der Waals surface area contributed by atoms with Crippen LogP contribution in [0.2, 0.25) is 0 Å². The number of nitrogens with zero attached hydrogens (tertiary/aromatic N) is 3. The maximum Gasteiger partial charge on any atom is 0.407 e. The fourth-order valence-electron chi connectivity index (χ4n) is 7.89. The van der Waals surface area contributed by atoms with Crippen LogP contribution in [0.25, 0.3) is 0 Å². The fourth-order valence-corrected chi connectivity index (χ4v) is 7.89. The zero-order chi connectivity index (χ0) is 48.8. The number of anilines is 1. The van der Waals surface area contributed by atoms with Gasteiger partial charge in [0.2, 0.25) is 23.6 Å². The van der Waals surface area contributed by atoms with Crippen molar-refractivity contribution in [3.63, 3.8) is 0 Å². The Hall–Kier alpha value is -5.34. The first-order chi connectivity index (χ1) is 31.0. The minimum absolute atomic E-state index is 0.0785. The van der Waals surface area contributed by atoms with Crippen LogP contribution in [-0.4, -0.2) is 121 Å². The number of carbonyl (C=O) groups is 6. The van der Waals surface area contributed by atoms with Gasteiger partial charge in [-0.25, -0.2) is 14.3 Å². The maximum atomic E-state index is 13.1. The second-order valence-corrected chi connectivity index (χ2v) is 19.5. The minimum Gasteiger partial charge on any atom is -0.449 e. The zero-order valence-corrected chi connectivity index (χ0v) is 40.5. The number of hydrogen-bond acceptors (Lipinski definition) is 13. The molecule has 66 heavy (non-hydrogen) atoms. The summed E-state index contributed by atoms with van der Waals surface area (Å²) in [5, 5.41) is 24.9. The van der Waals surface area contributed by atoms with Gasteiger partial charge in [0.1, 0.15) is 12.6 Å². The lowest BCUT2D eigenvalue weighted by Crippen LogP contribution is -2.52. The third kappa shape index (κ3) is 17.1. The summed E-state index contributed by atoms with van der Waals surface area (Å²) < 4.78 is 24.8. The van der Waals surface area contributed by atoms with Gasteiger partial charge in [-0.2, -0.15) is 0 Å². The van der Waals surface area contributed by atoms with Gasteiger partial charge in [-0.1, -0.05) is 31.2 Å². The van der Waals surface area contributed by atoms with E-state index in [1.807, 2.05) is 53.1 Å². The number of carbonyl (C=O) groups excluding carboxylic acids is 6. The molecule has 1 fully saturated rings. The first-order valence-corrected chi connectivity index (χ1v) is 22.9. The maximum absolute atomic E-state index is 13.1. The van der Waals surface area contributed by atoms with Crippen LogP contribution in [0.5, 0.6) is 0 Å². The average Bonchev–Trinajstić information content (AvgIpc) is 3.76. The quantitative estimate of drug-likeness (QED) is 0.0798. The van der Waals surface area contributed by atoms with E-state index >= 15 is 0 Å². The molecule has 0 aliphatic heterocycles. The van der Waals surface area contributed by atoms with Gasteiger partial charge in [0.15, 0.2) is 0 Å². The Bertz CT molecular complexity index is 1970. The van der Waals surface area contributed by atoms with Crippen molar-refractivity contribution in [3.8, 4) is 0 Å². The van der Waals surface area contributed by atoms with Crippen molar-refractivity contribution in [1.29, 1.82) is 0 Å². The highest BCUT2D eigenvalue weighted by molar-refractivity contribution is 5.96. The van der Waals surface area contributed by atoms with Gasteiger partial charge < -0.3 is 56.6 Å². The van der Waals surface area contributed by atoms with Crippen molar-refractivity contribution >= 4 is 41.5 Å². The summed E-state index contributed by atoms with van der Waals surface area (Å²) in [5.74, 6) is -0.432. The Labute approximate surface area is 388 Å². The number of aryl methyl sites for hydroxylation is 1. The van der Waals surface area contributed by atoms with Gasteiger partial charge >= 0.3 is 12.2 Å². The highest BCUT2D eigenvalue weighted by Gasteiger charge is 2.50. The molecule has 0 radical (unpaired) electrons. The van der Waals surface area contributed by atoms with Gasteiger partial charge in [-0.3, -0.25) is 19.2 Å². The molecule has 20 nitrogen and oxygen atoms in total. The van der Waals surface area contributed by atoms with Crippen LogP contribution in [-0.2, 0) is 57.6 Å². The molecular formula is C46H74N10O10. The second-order valence-electron chi connectivity index (χ2n) is 19.5. The molecular weight excluding hydrogens is 853 g/mol. The lowest BCUT2D eigenvalue weighted by atomic mass is 10.00. The van der Waals surface area contributed by atoms with Crippen LogP contribution in [0.15, 0.2) is 24.3 Å². The second kappa shape index (κ2) is 23.9. The first kappa shape index (κ1) is 53.3. The van der Waals surface area contributed by atoms with Crippen molar-refractivity contribution in [2.45, 2.75) is 136 Å². The monoisotopic (exact) mass is 927 g/mol. The molecule has 6 unspecified atom stereocenters. The number of benzene rings is 1. The van der Waals surface area contributed by atoms with Crippen LogP contribution in [0.3, 0.4) is 0 Å². The molecule has 8 N–H and O–H groups in total. The van der Waals surface area contributed by atoms with Crippen LogP contribution in [0, 0.1) is 23.7 Å². The molecule has 2 aromatic rings. The molecule has 368 valence electrons. The third-order valence-electron chi connectivity index (χ3n) is 12.1. The van der Waals surface area contributed by atoms with Crippen LogP contribution >= 0.6 is 0 Å². The number of aromatic nitrogens is 3. The fraction of sp³-hybridized carbons (Fsp3) is 0.696. The first-order valence-electron chi connectivity index (χ1n) is 22.9. The minimum atomic E-state index is -0.862. The van der Waals surface area contributed by atoms with Gasteiger partial charge in [-0.05, 0) is 115 Å². The van der Waals surface area contributed by atoms with E-state index < -0.39 is 46.8 Å². The number of alkyl carbamates (subject to hydrolysis) is 2. The van der Waals surface area contributed by atoms with E-state index in [0.29, 0.717) is 37.2 Å². The van der Waals surface area contributed by atoms with Gasteiger partial charge in [0.05, 0.1) is 67.0 Å². The van der Waals surface area contributed by atoms with Crippen molar-refractivity contribution in [3.05, 3.63) is 41.2 Å². The topological polar surface area (TPSA) is 268 Å². The van der Waals surface area contributed by atoms with Crippen molar-refractivity contribution in [1.82, 2.24) is 41.6 Å². The van der Waals surface area contributed by atoms with Crippen LogP contribution < -0.4 is 37.6 Å². The SMILES string of the molecule is CNC(=O)CC(C)(C)OCC(C)(N)CNC(=O)OCC1C2CCc3nnn(C(C)COC(C)(C)CCC(=O)NC(C(=O)NCC(=O)Nc4ccc(COC(=O)NC)cc4)C(C)C)c3CCC21. The van der Waals surface area contributed by atoms with E-state index in [9.17, 15) is 28.8 Å². The Balaban J connectivity index is 1.15. The molecule has 6 atom stereocenters. The molecule has 6 amide bonds. The predicted octanol–water partition coefficient (Wildman–Crippen LogP) is 3.28. The summed E-state index contributed by atoms with van der Waals surface area (Å²) in [6.07, 6.45) is 3.07. The summed E-state index contributed by atoms with van der Waals surface area (Å²) in [6, 6.07) is 5.78. The number of nitrogens with one attached hydrogen (secondary N) is 6. The summed E-state index contributed by atoms with van der Waals surface area (Å²) in [4.78, 5) is 74.5. The van der Waals surface area contributed by atoms with Gasteiger partial charge in [0, 0.05) is 32.7 Å².